The molecular formula is C42H44O11. The lowest BCUT2D eigenvalue weighted by Crippen LogP contribution is -2.29. The summed E-state index contributed by atoms with van der Waals surface area (Å²) in [6.07, 6.45) is 0.805. The molecule has 11 nitrogen and oxygen atoms in total. The van der Waals surface area contributed by atoms with Gasteiger partial charge in [0.05, 0.1) is 25.0 Å². The first kappa shape index (κ1) is 37.1. The molecule has 4 aromatic rings. The number of methoxy groups -OCH3 is 1. The van der Waals surface area contributed by atoms with Crippen LogP contribution in [-0.2, 0) is 35.2 Å². The number of fused-ring (bicyclic) bond motifs is 2. The van der Waals surface area contributed by atoms with Gasteiger partial charge in [-0.05, 0) is 79.8 Å². The largest absolute Gasteiger partial charge is 0.497 e. The van der Waals surface area contributed by atoms with Crippen molar-refractivity contribution in [3.05, 3.63) is 113 Å². The molecule has 0 amide bonds. The number of rotatable bonds is 14. The summed E-state index contributed by atoms with van der Waals surface area (Å²) in [5, 5.41) is 0. The molecule has 53 heavy (non-hydrogen) atoms. The first-order chi connectivity index (χ1) is 25.6. The highest BCUT2D eigenvalue weighted by molar-refractivity contribution is 5.81. The average molecular weight is 725 g/mol. The van der Waals surface area contributed by atoms with Gasteiger partial charge in [0.2, 0.25) is 13.6 Å². The van der Waals surface area contributed by atoms with Gasteiger partial charge in [-0.25, -0.2) is 4.79 Å². The molecule has 0 aromatic heterocycles. The van der Waals surface area contributed by atoms with Crippen molar-refractivity contribution in [1.29, 1.82) is 0 Å². The Hall–Kier alpha value is -5.71. The first-order valence-electron chi connectivity index (χ1n) is 17.6. The van der Waals surface area contributed by atoms with Gasteiger partial charge >= 0.3 is 17.9 Å². The van der Waals surface area contributed by atoms with E-state index in [-0.39, 0.29) is 13.4 Å². The van der Waals surface area contributed by atoms with Gasteiger partial charge in [0.25, 0.3) is 0 Å². The maximum atomic E-state index is 14.5. The molecule has 0 fully saturated rings. The van der Waals surface area contributed by atoms with E-state index in [1.54, 1.807) is 32.9 Å². The van der Waals surface area contributed by atoms with Crippen LogP contribution >= 0.6 is 0 Å². The highest BCUT2D eigenvalue weighted by Crippen LogP contribution is 2.56. The minimum absolute atomic E-state index is 0.0890. The summed E-state index contributed by atoms with van der Waals surface area (Å²) >= 11 is 0. The van der Waals surface area contributed by atoms with Crippen LogP contribution in [0.1, 0.15) is 73.8 Å². The van der Waals surface area contributed by atoms with E-state index >= 15 is 0 Å². The van der Waals surface area contributed by atoms with Gasteiger partial charge in [0.1, 0.15) is 23.9 Å². The van der Waals surface area contributed by atoms with Crippen molar-refractivity contribution >= 4 is 17.9 Å². The van der Waals surface area contributed by atoms with Gasteiger partial charge in [-0.2, -0.15) is 0 Å². The molecule has 0 saturated heterocycles. The fourth-order valence-corrected chi connectivity index (χ4v) is 6.51. The Bertz CT molecular complexity index is 1930. The first-order valence-corrected chi connectivity index (χ1v) is 17.6. The number of esters is 3. The maximum Gasteiger partial charge on any atom is 0.344 e. The van der Waals surface area contributed by atoms with Crippen molar-refractivity contribution in [1.82, 2.24) is 0 Å². The van der Waals surface area contributed by atoms with Crippen molar-refractivity contribution in [2.75, 3.05) is 33.9 Å². The maximum absolute atomic E-state index is 14.5. The smallest absolute Gasteiger partial charge is 0.344 e. The number of ether oxygens (including phenoxy) is 8. The van der Waals surface area contributed by atoms with E-state index in [9.17, 15) is 14.4 Å². The third-order valence-corrected chi connectivity index (χ3v) is 9.09. The second-order valence-corrected chi connectivity index (χ2v) is 13.8. The monoisotopic (exact) mass is 724 g/mol. The topological polar surface area (TPSA) is 125 Å². The molecule has 0 N–H and O–H groups in total. The minimum Gasteiger partial charge on any atom is -0.497 e. The van der Waals surface area contributed by atoms with Crippen LogP contribution in [0.5, 0.6) is 28.7 Å². The summed E-state index contributed by atoms with van der Waals surface area (Å²) < 4.78 is 45.7. The van der Waals surface area contributed by atoms with Crippen LogP contribution in [0.25, 0.3) is 0 Å². The Morgan fingerprint density at radius 2 is 1.51 bits per heavy atom. The van der Waals surface area contributed by atoms with Gasteiger partial charge in [-0.1, -0.05) is 55.5 Å². The van der Waals surface area contributed by atoms with E-state index in [1.165, 1.54) is 7.11 Å². The van der Waals surface area contributed by atoms with E-state index in [0.717, 1.165) is 28.7 Å². The Morgan fingerprint density at radius 3 is 2.26 bits per heavy atom. The van der Waals surface area contributed by atoms with E-state index in [4.69, 9.17) is 37.9 Å². The fourth-order valence-electron chi connectivity index (χ4n) is 6.51. The highest BCUT2D eigenvalue weighted by Gasteiger charge is 2.49. The van der Waals surface area contributed by atoms with Gasteiger partial charge in [-0.3, -0.25) is 9.59 Å². The molecular weight excluding hydrogens is 680 g/mol. The lowest BCUT2D eigenvalue weighted by Gasteiger charge is -2.26. The Morgan fingerprint density at radius 1 is 0.755 bits per heavy atom. The number of hydrogen-bond acceptors (Lipinski definition) is 11. The van der Waals surface area contributed by atoms with Gasteiger partial charge in [-0.15, -0.1) is 0 Å². The van der Waals surface area contributed by atoms with E-state index < -0.39 is 54.5 Å². The predicted molar refractivity (Wildman–Crippen MR) is 193 cm³/mol. The third-order valence-electron chi connectivity index (χ3n) is 9.09. The van der Waals surface area contributed by atoms with E-state index in [2.05, 4.69) is 0 Å². The molecule has 0 spiro atoms. The molecule has 0 saturated carbocycles. The lowest BCUT2D eigenvalue weighted by molar-refractivity contribution is -0.175. The number of carbonyl (C=O) groups excluding carboxylic acids is 3. The van der Waals surface area contributed by atoms with E-state index in [0.29, 0.717) is 40.9 Å². The zero-order valence-corrected chi connectivity index (χ0v) is 30.5. The molecule has 6 rings (SSSR count). The summed E-state index contributed by atoms with van der Waals surface area (Å²) in [5.74, 6) is -1.18. The van der Waals surface area contributed by atoms with Crippen LogP contribution < -0.4 is 23.7 Å². The molecule has 3 atom stereocenters. The minimum atomic E-state index is -0.888. The summed E-state index contributed by atoms with van der Waals surface area (Å²) in [6, 6.07) is 26.0. The average Bonchev–Trinajstić information content (AvgIpc) is 3.77. The van der Waals surface area contributed by atoms with Crippen LogP contribution in [0.4, 0.5) is 0 Å². The summed E-state index contributed by atoms with van der Waals surface area (Å²) in [6.45, 7) is 6.91. The Balaban J connectivity index is 1.41. The SMILES string of the molecule is CCCOc1ccc2c(c1)C(c1ccc(OC)cc1OCC(=O)OCc1ccccc1)C(C(=O)OCOC(=O)C(C)(C)C)C2c1ccc2c(c1)OCO2. The molecule has 0 radical (unpaired) electrons. The molecule has 1 heterocycles. The van der Waals surface area contributed by atoms with Crippen LogP contribution in [0.3, 0.4) is 0 Å². The predicted octanol–water partition coefficient (Wildman–Crippen LogP) is 7.32. The van der Waals surface area contributed by atoms with Crippen molar-refractivity contribution < 1.29 is 52.3 Å². The standard InChI is InChI=1S/C42H44O11/c1-6-18-47-29-14-15-30-32(20-29)38(31-16-13-28(46-5)21-34(31)48-23-36(43)49-22-26-10-8-7-9-11-26)39(40(44)52-25-53-41(45)42(2,3)4)37(30)27-12-17-33-35(19-27)51-24-50-33/h7-17,19-21,37-39H,6,18,22-25H2,1-5H3. The van der Waals surface area contributed by atoms with Crippen molar-refractivity contribution in [3.63, 3.8) is 0 Å². The zero-order chi connectivity index (χ0) is 37.5. The normalized spacial score (nSPS) is 17.0. The molecule has 1 aliphatic carbocycles. The van der Waals surface area contributed by atoms with Crippen molar-refractivity contribution in [3.8, 4) is 28.7 Å². The van der Waals surface area contributed by atoms with E-state index in [1.807, 2.05) is 79.7 Å². The summed E-state index contributed by atoms with van der Waals surface area (Å²) in [5.41, 5.74) is 3.10. The van der Waals surface area contributed by atoms with Gasteiger partial charge in [0, 0.05) is 23.5 Å². The Kier molecular flexibility index (Phi) is 11.4. The number of benzene rings is 4. The Labute approximate surface area is 309 Å². The molecule has 3 unspecified atom stereocenters. The van der Waals surface area contributed by atoms with Crippen LogP contribution in [0.2, 0.25) is 0 Å². The summed E-state index contributed by atoms with van der Waals surface area (Å²) in [4.78, 5) is 40.0. The zero-order valence-electron chi connectivity index (χ0n) is 30.5. The van der Waals surface area contributed by atoms with Crippen LogP contribution in [-0.4, -0.2) is 51.8 Å². The number of carbonyl (C=O) groups is 3. The third kappa shape index (κ3) is 8.51. The highest BCUT2D eigenvalue weighted by atomic mass is 16.7. The van der Waals surface area contributed by atoms with Crippen molar-refractivity contribution in [2.24, 2.45) is 11.3 Å². The quantitative estimate of drug-likeness (QED) is 0.0960. The number of hydrogen-bond donors (Lipinski definition) is 0. The lowest BCUT2D eigenvalue weighted by atomic mass is 9.79. The summed E-state index contributed by atoms with van der Waals surface area (Å²) in [7, 11) is 1.53. The second kappa shape index (κ2) is 16.3. The van der Waals surface area contributed by atoms with Crippen LogP contribution in [0, 0.1) is 11.3 Å². The molecule has 2 aliphatic rings. The molecule has 0 bridgehead atoms. The van der Waals surface area contributed by atoms with Gasteiger partial charge in [0.15, 0.2) is 18.1 Å². The van der Waals surface area contributed by atoms with Crippen molar-refractivity contribution in [2.45, 2.75) is 52.6 Å². The fraction of sp³-hybridized carbons (Fsp3) is 0.357. The molecule has 278 valence electrons. The molecule has 1 aliphatic heterocycles. The van der Waals surface area contributed by atoms with Crippen LogP contribution in [0.15, 0.2) is 84.9 Å². The molecule has 11 heteroatoms. The van der Waals surface area contributed by atoms with Gasteiger partial charge < -0.3 is 37.9 Å². The second-order valence-electron chi connectivity index (χ2n) is 13.8. The molecule has 4 aromatic carbocycles.